The molecule has 0 aromatic rings. The van der Waals surface area contributed by atoms with Crippen LogP contribution in [-0.4, -0.2) is 23.0 Å². The predicted molar refractivity (Wildman–Crippen MR) is 148 cm³/mol. The summed E-state index contributed by atoms with van der Waals surface area (Å²) < 4.78 is 0. The van der Waals surface area contributed by atoms with E-state index in [4.69, 9.17) is 0 Å². The fourth-order valence-electron chi connectivity index (χ4n) is 10.2. The average Bonchev–Trinajstić information content (AvgIpc) is 2.83. The molecular weight excluding hydrogens is 472 g/mol. The van der Waals surface area contributed by atoms with Crippen LogP contribution in [-0.2, 0) is 14.4 Å². The van der Waals surface area contributed by atoms with Gasteiger partial charge in [0, 0.05) is 28.7 Å². The van der Waals surface area contributed by atoms with Crippen LogP contribution in [0.3, 0.4) is 0 Å². The summed E-state index contributed by atoms with van der Waals surface area (Å²) in [4.78, 5) is 40.5. The quantitative estimate of drug-likeness (QED) is 0.453. The van der Waals surface area contributed by atoms with E-state index >= 15 is 0 Å². The van der Waals surface area contributed by atoms with Gasteiger partial charge in [-0.3, -0.25) is 14.4 Å². The molecule has 5 aliphatic carbocycles. The largest absolute Gasteiger partial charge is 0.350 e. The first-order valence-electron chi connectivity index (χ1n) is 14.8. The highest BCUT2D eigenvalue weighted by atomic mass is 16.2. The van der Waals surface area contributed by atoms with Crippen molar-refractivity contribution in [3.63, 3.8) is 0 Å². The van der Waals surface area contributed by atoms with Crippen molar-refractivity contribution in [2.45, 2.75) is 112 Å². The van der Waals surface area contributed by atoms with Crippen LogP contribution in [0.15, 0.2) is 23.3 Å². The summed E-state index contributed by atoms with van der Waals surface area (Å²) in [6.45, 7) is 17.3. The van der Waals surface area contributed by atoms with Crippen molar-refractivity contribution in [3.05, 3.63) is 23.3 Å². The highest BCUT2D eigenvalue weighted by Gasteiger charge is 2.70. The zero-order chi connectivity index (χ0) is 28.1. The van der Waals surface area contributed by atoms with Crippen LogP contribution in [0.1, 0.15) is 107 Å². The third-order valence-electron chi connectivity index (χ3n) is 12.6. The van der Waals surface area contributed by atoms with Crippen molar-refractivity contribution in [1.29, 1.82) is 5.26 Å². The molecule has 7 unspecified atom stereocenters. The Morgan fingerprint density at radius 2 is 1.68 bits per heavy atom. The molecule has 0 heterocycles. The van der Waals surface area contributed by atoms with Gasteiger partial charge in [-0.1, -0.05) is 67.0 Å². The summed E-state index contributed by atoms with van der Waals surface area (Å²) in [5, 5.41) is 13.4. The van der Waals surface area contributed by atoms with Crippen LogP contribution >= 0.6 is 0 Å². The maximum Gasteiger partial charge on any atom is 0.220 e. The van der Waals surface area contributed by atoms with Gasteiger partial charge in [0.25, 0.3) is 0 Å². The maximum absolute atomic E-state index is 14.4. The van der Waals surface area contributed by atoms with Gasteiger partial charge in [-0.25, -0.2) is 0 Å². The third-order valence-corrected chi connectivity index (χ3v) is 12.6. The molecule has 0 saturated heterocycles. The molecule has 5 nitrogen and oxygen atoms in total. The summed E-state index contributed by atoms with van der Waals surface area (Å²) in [6.07, 6.45) is 10.8. The number of nitriles is 1. The molecule has 1 N–H and O–H groups in total. The van der Waals surface area contributed by atoms with E-state index in [1.54, 1.807) is 0 Å². The van der Waals surface area contributed by atoms with Gasteiger partial charge < -0.3 is 5.32 Å². The van der Waals surface area contributed by atoms with Crippen molar-refractivity contribution >= 4 is 17.5 Å². The lowest BCUT2D eigenvalue weighted by Gasteiger charge is -2.69. The number of nitrogens with zero attached hydrogens (tertiary/aromatic N) is 1. The summed E-state index contributed by atoms with van der Waals surface area (Å²) in [5.41, 5.74) is -0.502. The van der Waals surface area contributed by atoms with E-state index in [-0.39, 0.29) is 62.6 Å². The van der Waals surface area contributed by atoms with Crippen LogP contribution in [0.4, 0.5) is 0 Å². The number of allylic oxidation sites excluding steroid dienone is 4. The number of fused-ring (bicyclic) bond motifs is 7. The summed E-state index contributed by atoms with van der Waals surface area (Å²) in [5.74, 6) is 0.187. The monoisotopic (exact) mass is 518 g/mol. The molecule has 0 aliphatic heterocycles. The molecule has 5 heteroatoms. The van der Waals surface area contributed by atoms with Gasteiger partial charge in [0.15, 0.2) is 11.6 Å². The van der Waals surface area contributed by atoms with Crippen molar-refractivity contribution in [3.8, 4) is 6.07 Å². The van der Waals surface area contributed by atoms with E-state index < -0.39 is 10.8 Å². The number of carbonyl (C=O) groups excluding carboxylic acids is 3. The van der Waals surface area contributed by atoms with Gasteiger partial charge in [0.2, 0.25) is 5.91 Å². The average molecular weight is 519 g/mol. The fourth-order valence-corrected chi connectivity index (χ4v) is 10.2. The predicted octanol–water partition coefficient (Wildman–Crippen LogP) is 6.48. The normalized spacial score (nSPS) is 44.8. The maximum atomic E-state index is 14.4. The van der Waals surface area contributed by atoms with Gasteiger partial charge in [-0.15, -0.1) is 0 Å². The van der Waals surface area contributed by atoms with Crippen molar-refractivity contribution < 1.29 is 14.4 Å². The molecular formula is C33H46N2O3. The molecule has 5 aliphatic rings. The van der Waals surface area contributed by atoms with E-state index in [2.05, 4.69) is 46.0 Å². The van der Waals surface area contributed by atoms with Crippen LogP contribution < -0.4 is 5.32 Å². The first-order valence-corrected chi connectivity index (χ1v) is 14.8. The highest BCUT2D eigenvalue weighted by Crippen LogP contribution is 2.73. The molecule has 5 rings (SSSR count). The van der Waals surface area contributed by atoms with Gasteiger partial charge in [0.1, 0.15) is 6.07 Å². The Kier molecular flexibility index (Phi) is 5.87. The van der Waals surface area contributed by atoms with Crippen LogP contribution in [0, 0.1) is 56.2 Å². The Bertz CT molecular complexity index is 1220. The molecule has 0 bridgehead atoms. The van der Waals surface area contributed by atoms with Crippen LogP contribution in [0.2, 0.25) is 0 Å². The standard InChI is InChI=1S/C33H46N2O3/c1-9-25(37)35-33-14-12-28(2,3)18-21(33)26-22(36)16-24-30(6)17-20(19-34)27(38)29(4,5)23(30)10-11-31(24,7)32(26,8)13-15-33/h16-17,21,23,26H,9-15,18H2,1-8H3,(H,35,37). The molecule has 0 aromatic carbocycles. The van der Waals surface area contributed by atoms with Gasteiger partial charge in [-0.2, -0.15) is 5.26 Å². The number of carbonyl (C=O) groups is 3. The Balaban J connectivity index is 1.68. The minimum atomic E-state index is -0.656. The zero-order valence-corrected chi connectivity index (χ0v) is 24.7. The molecule has 1 amide bonds. The Morgan fingerprint density at radius 3 is 2.32 bits per heavy atom. The Morgan fingerprint density at radius 1 is 1.03 bits per heavy atom. The lowest BCUT2D eigenvalue weighted by atomic mass is 9.35. The van der Waals surface area contributed by atoms with Crippen LogP contribution in [0.25, 0.3) is 0 Å². The number of ketones is 2. The second-order valence-corrected chi connectivity index (χ2v) is 15.3. The lowest BCUT2D eigenvalue weighted by molar-refractivity contribution is -0.164. The number of hydrogen-bond acceptors (Lipinski definition) is 4. The van der Waals surface area contributed by atoms with Gasteiger partial charge in [-0.05, 0) is 79.1 Å². The van der Waals surface area contributed by atoms with E-state index in [1.807, 2.05) is 32.9 Å². The SMILES string of the molecule is CCC(=O)NC12CCC(C)(C)CC1C1C(=O)C=C3C4(C)C=C(C#N)C(=O)C(C)(C)C4CCC3(C)C1(C)CC2. The summed E-state index contributed by atoms with van der Waals surface area (Å²) in [7, 11) is 0. The Labute approximate surface area is 228 Å². The lowest BCUT2D eigenvalue weighted by Crippen LogP contribution is -2.69. The Hall–Kier alpha value is -2.22. The number of rotatable bonds is 2. The minimum Gasteiger partial charge on any atom is -0.350 e. The molecule has 3 saturated carbocycles. The molecule has 0 radical (unpaired) electrons. The smallest absolute Gasteiger partial charge is 0.220 e. The molecule has 7 atom stereocenters. The highest BCUT2D eigenvalue weighted by molar-refractivity contribution is 6.04. The topological polar surface area (TPSA) is 87.0 Å². The molecule has 206 valence electrons. The molecule has 0 aromatic heterocycles. The van der Waals surface area contributed by atoms with Crippen molar-refractivity contribution in [2.75, 3.05) is 0 Å². The number of Topliss-reactive ketones (excluding diaryl/α,β-unsaturated/α-hetero) is 1. The fraction of sp³-hybridized carbons (Fsp3) is 0.758. The summed E-state index contributed by atoms with van der Waals surface area (Å²) in [6, 6.07) is 2.19. The van der Waals surface area contributed by atoms with E-state index in [1.165, 1.54) is 0 Å². The second kappa shape index (κ2) is 8.15. The second-order valence-electron chi connectivity index (χ2n) is 15.3. The summed E-state index contributed by atoms with van der Waals surface area (Å²) >= 11 is 0. The first kappa shape index (κ1) is 27.4. The third kappa shape index (κ3) is 3.37. The van der Waals surface area contributed by atoms with E-state index in [0.29, 0.717) is 6.42 Å². The van der Waals surface area contributed by atoms with Gasteiger partial charge >= 0.3 is 0 Å². The first-order chi connectivity index (χ1) is 17.5. The number of amides is 1. The molecule has 38 heavy (non-hydrogen) atoms. The van der Waals surface area contributed by atoms with Gasteiger partial charge in [0.05, 0.1) is 5.57 Å². The van der Waals surface area contributed by atoms with E-state index in [0.717, 1.165) is 50.5 Å². The molecule has 3 fully saturated rings. The van der Waals surface area contributed by atoms with E-state index in [9.17, 15) is 19.6 Å². The molecule has 0 spiro atoms. The van der Waals surface area contributed by atoms with Crippen molar-refractivity contribution in [2.24, 2.45) is 44.8 Å². The number of nitrogens with one attached hydrogen (secondary N) is 1. The minimum absolute atomic E-state index is 0.0482. The van der Waals surface area contributed by atoms with Crippen LogP contribution in [0.5, 0.6) is 0 Å². The number of hydrogen-bond donors (Lipinski definition) is 1. The zero-order valence-electron chi connectivity index (χ0n) is 24.7. The van der Waals surface area contributed by atoms with Crippen molar-refractivity contribution in [1.82, 2.24) is 5.32 Å².